The van der Waals surface area contributed by atoms with Gasteiger partial charge in [0.15, 0.2) is 0 Å². The molecule has 2 saturated heterocycles. The number of hydrogen-bond acceptors (Lipinski definition) is 4. The van der Waals surface area contributed by atoms with E-state index in [2.05, 4.69) is 10.6 Å². The van der Waals surface area contributed by atoms with Crippen LogP contribution in [0.4, 0.5) is 10.5 Å². The minimum atomic E-state index is -0.147. The summed E-state index contributed by atoms with van der Waals surface area (Å²) in [6.45, 7) is 3.84. The van der Waals surface area contributed by atoms with E-state index in [1.807, 2.05) is 35.2 Å². The predicted molar refractivity (Wildman–Crippen MR) is 93.1 cm³/mol. The molecule has 0 saturated carbocycles. The average molecular weight is 345 g/mol. The van der Waals surface area contributed by atoms with Gasteiger partial charge in [0.05, 0.1) is 13.1 Å². The van der Waals surface area contributed by atoms with Crippen molar-refractivity contribution >= 4 is 23.5 Å². The monoisotopic (exact) mass is 345 g/mol. The van der Waals surface area contributed by atoms with E-state index < -0.39 is 0 Å². The van der Waals surface area contributed by atoms with Crippen LogP contribution in [-0.2, 0) is 9.59 Å². The smallest absolute Gasteiger partial charge is 0.321 e. The molecule has 0 radical (unpaired) electrons. The molecule has 0 atom stereocenters. The third-order valence-corrected chi connectivity index (χ3v) is 4.42. The molecule has 0 bridgehead atoms. The Balaban J connectivity index is 1.44. The molecule has 1 aromatic carbocycles. The Labute approximate surface area is 146 Å². The molecule has 0 aromatic heterocycles. The number of amides is 4. The minimum absolute atomic E-state index is 0.0119. The van der Waals surface area contributed by atoms with E-state index in [4.69, 9.17) is 0 Å². The molecule has 0 unspecified atom stereocenters. The van der Waals surface area contributed by atoms with Gasteiger partial charge in [0.2, 0.25) is 11.8 Å². The fraction of sp³-hybridized carbons (Fsp3) is 0.471. The van der Waals surface area contributed by atoms with Gasteiger partial charge in [-0.05, 0) is 12.1 Å². The van der Waals surface area contributed by atoms with Crippen molar-refractivity contribution in [2.45, 2.75) is 0 Å². The summed E-state index contributed by atoms with van der Waals surface area (Å²) in [6, 6.07) is 9.16. The molecule has 2 heterocycles. The largest absolute Gasteiger partial charge is 0.354 e. The van der Waals surface area contributed by atoms with Gasteiger partial charge in [-0.1, -0.05) is 18.2 Å². The zero-order valence-corrected chi connectivity index (χ0v) is 14.1. The van der Waals surface area contributed by atoms with E-state index >= 15 is 0 Å². The molecule has 8 heteroatoms. The third-order valence-electron chi connectivity index (χ3n) is 4.42. The highest BCUT2D eigenvalue weighted by Crippen LogP contribution is 2.09. The van der Waals surface area contributed by atoms with Crippen LogP contribution in [0.1, 0.15) is 0 Å². The molecule has 2 aliphatic heterocycles. The van der Waals surface area contributed by atoms with Crippen molar-refractivity contribution in [3.05, 3.63) is 30.3 Å². The predicted octanol–water partition coefficient (Wildman–Crippen LogP) is -0.205. The van der Waals surface area contributed by atoms with E-state index in [1.165, 1.54) is 0 Å². The van der Waals surface area contributed by atoms with Crippen molar-refractivity contribution in [3.8, 4) is 0 Å². The summed E-state index contributed by atoms with van der Waals surface area (Å²) in [4.78, 5) is 41.3. The maximum Gasteiger partial charge on any atom is 0.321 e. The van der Waals surface area contributed by atoms with Gasteiger partial charge in [0.25, 0.3) is 0 Å². The van der Waals surface area contributed by atoms with Crippen LogP contribution >= 0.6 is 0 Å². The van der Waals surface area contributed by atoms with Gasteiger partial charge in [0, 0.05) is 45.0 Å². The van der Waals surface area contributed by atoms with Crippen molar-refractivity contribution in [1.29, 1.82) is 0 Å². The van der Waals surface area contributed by atoms with Gasteiger partial charge in [-0.25, -0.2) is 4.79 Å². The number of anilines is 1. The van der Waals surface area contributed by atoms with Crippen LogP contribution < -0.4 is 10.6 Å². The number of para-hydroxylation sites is 1. The lowest BCUT2D eigenvalue weighted by molar-refractivity contribution is -0.135. The Bertz CT molecular complexity index is 628. The minimum Gasteiger partial charge on any atom is -0.354 e. The number of carbonyl (C=O) groups excluding carboxylic acids is 3. The van der Waals surface area contributed by atoms with Crippen LogP contribution in [-0.4, -0.2) is 84.9 Å². The molecule has 2 aliphatic rings. The third kappa shape index (κ3) is 4.69. The molecule has 1 aromatic rings. The van der Waals surface area contributed by atoms with Crippen LogP contribution in [0, 0.1) is 0 Å². The Morgan fingerprint density at radius 1 is 1.00 bits per heavy atom. The lowest BCUT2D eigenvalue weighted by Crippen LogP contribution is -2.55. The van der Waals surface area contributed by atoms with Crippen LogP contribution in [0.15, 0.2) is 30.3 Å². The number of nitrogens with zero attached hydrogens (tertiary/aromatic N) is 3. The van der Waals surface area contributed by atoms with E-state index in [1.54, 1.807) is 9.80 Å². The molecule has 8 nitrogen and oxygen atoms in total. The first-order valence-corrected chi connectivity index (χ1v) is 8.49. The summed E-state index contributed by atoms with van der Waals surface area (Å²) in [5.41, 5.74) is 0.759. The van der Waals surface area contributed by atoms with E-state index in [-0.39, 0.29) is 30.9 Å². The number of nitrogens with one attached hydrogen (secondary N) is 2. The lowest BCUT2D eigenvalue weighted by Gasteiger charge is -2.36. The summed E-state index contributed by atoms with van der Waals surface area (Å²) in [5, 5.41) is 5.60. The number of rotatable bonds is 3. The van der Waals surface area contributed by atoms with E-state index in [0.29, 0.717) is 39.3 Å². The highest BCUT2D eigenvalue weighted by Gasteiger charge is 2.26. The first-order valence-electron chi connectivity index (χ1n) is 8.49. The Hall–Kier alpha value is -2.61. The quantitative estimate of drug-likeness (QED) is 0.794. The zero-order valence-electron chi connectivity index (χ0n) is 14.1. The average Bonchev–Trinajstić information content (AvgIpc) is 2.62. The Kier molecular flexibility index (Phi) is 5.49. The molecule has 25 heavy (non-hydrogen) atoms. The molecule has 3 rings (SSSR count). The summed E-state index contributed by atoms with van der Waals surface area (Å²) >= 11 is 0. The van der Waals surface area contributed by atoms with Gasteiger partial charge in [-0.2, -0.15) is 0 Å². The highest BCUT2D eigenvalue weighted by atomic mass is 16.2. The second kappa shape index (κ2) is 7.98. The topological polar surface area (TPSA) is 85.0 Å². The number of benzene rings is 1. The second-order valence-corrected chi connectivity index (χ2v) is 6.22. The fourth-order valence-electron chi connectivity index (χ4n) is 3.00. The van der Waals surface area contributed by atoms with E-state index in [0.717, 1.165) is 5.69 Å². The molecule has 0 aliphatic carbocycles. The van der Waals surface area contributed by atoms with Gasteiger partial charge in [0.1, 0.15) is 0 Å². The van der Waals surface area contributed by atoms with Crippen LogP contribution in [0.2, 0.25) is 0 Å². The summed E-state index contributed by atoms with van der Waals surface area (Å²) < 4.78 is 0. The summed E-state index contributed by atoms with van der Waals surface area (Å²) in [5.74, 6) is -0.0285. The summed E-state index contributed by atoms with van der Waals surface area (Å²) in [7, 11) is 0. The van der Waals surface area contributed by atoms with Gasteiger partial charge in [-0.3, -0.25) is 14.5 Å². The zero-order chi connectivity index (χ0) is 17.6. The molecular formula is C17H23N5O3. The Morgan fingerprint density at radius 3 is 2.36 bits per heavy atom. The van der Waals surface area contributed by atoms with Crippen molar-refractivity contribution in [2.75, 3.05) is 57.7 Å². The number of hydrogen-bond donors (Lipinski definition) is 2. The van der Waals surface area contributed by atoms with Crippen molar-refractivity contribution in [2.24, 2.45) is 0 Å². The number of carbonyl (C=O) groups is 3. The normalized spacial score (nSPS) is 18.6. The maximum atomic E-state index is 12.4. The van der Waals surface area contributed by atoms with Crippen LogP contribution in [0.5, 0.6) is 0 Å². The van der Waals surface area contributed by atoms with Crippen molar-refractivity contribution < 1.29 is 14.4 Å². The second-order valence-electron chi connectivity index (χ2n) is 6.22. The number of urea groups is 1. The van der Waals surface area contributed by atoms with Crippen molar-refractivity contribution in [3.63, 3.8) is 0 Å². The molecule has 2 N–H and O–H groups in total. The first kappa shape index (κ1) is 17.2. The Morgan fingerprint density at radius 2 is 1.68 bits per heavy atom. The maximum absolute atomic E-state index is 12.4. The molecule has 4 amide bonds. The highest BCUT2D eigenvalue weighted by molar-refractivity contribution is 5.89. The SMILES string of the molecule is O=C1CN(CC(=O)N2CCN(C(=O)Nc3ccccc3)CC2)CCN1. The van der Waals surface area contributed by atoms with E-state index in [9.17, 15) is 14.4 Å². The van der Waals surface area contributed by atoms with Gasteiger partial charge in [-0.15, -0.1) is 0 Å². The number of piperazine rings is 2. The van der Waals surface area contributed by atoms with Gasteiger partial charge < -0.3 is 20.4 Å². The van der Waals surface area contributed by atoms with Crippen LogP contribution in [0.25, 0.3) is 0 Å². The first-order chi connectivity index (χ1) is 12.1. The molecule has 134 valence electrons. The molecular weight excluding hydrogens is 322 g/mol. The fourth-order valence-corrected chi connectivity index (χ4v) is 3.00. The molecule has 2 fully saturated rings. The van der Waals surface area contributed by atoms with Gasteiger partial charge >= 0.3 is 6.03 Å². The lowest BCUT2D eigenvalue weighted by atomic mass is 10.3. The molecule has 0 spiro atoms. The summed E-state index contributed by atoms with van der Waals surface area (Å²) in [6.07, 6.45) is 0. The van der Waals surface area contributed by atoms with Crippen LogP contribution in [0.3, 0.4) is 0 Å². The van der Waals surface area contributed by atoms with Crippen molar-refractivity contribution in [1.82, 2.24) is 20.0 Å². The standard InChI is InChI=1S/C17H23N5O3/c23-15-12-20(7-6-18-15)13-16(24)21-8-10-22(11-9-21)17(25)19-14-4-2-1-3-5-14/h1-5H,6-13H2,(H,18,23)(H,19,25).